The number of nitrogens with one attached hydrogen (secondary N) is 1. The van der Waals surface area contributed by atoms with Gasteiger partial charge in [-0.3, -0.25) is 14.2 Å². The summed E-state index contributed by atoms with van der Waals surface area (Å²) in [4.78, 5) is 40.1. The number of thiophene rings is 1. The normalized spacial score (nSPS) is 15.2. The highest BCUT2D eigenvalue weighted by Crippen LogP contribution is 2.33. The van der Waals surface area contributed by atoms with Crippen molar-refractivity contribution < 1.29 is 19.8 Å². The topological polar surface area (TPSA) is 112 Å². The van der Waals surface area contributed by atoms with Crippen LogP contribution in [0.25, 0.3) is 10.2 Å². The fourth-order valence-corrected chi connectivity index (χ4v) is 4.81. The number of aromatic nitrogens is 2. The van der Waals surface area contributed by atoms with Gasteiger partial charge < -0.3 is 15.2 Å². The number of nitrogens with zero attached hydrogens (tertiary/aromatic N) is 1. The highest BCUT2D eigenvalue weighted by Gasteiger charge is 2.26. The minimum atomic E-state index is -1.29. The molecule has 0 saturated heterocycles. The minimum Gasteiger partial charge on any atom is -0.481 e. The standard InChI is InChI=1S/C15H16N2O5S2/c18-10(19)6-5-8(14(21)22)17-13(20)11-7-3-1-2-4-9(7)24-12(11)16-15(17)23/h8H,1-6H2,(H,16,23)(H,18,19)(H,21,22). The number of hydrogen-bond donors (Lipinski definition) is 3. The molecule has 0 fully saturated rings. The van der Waals surface area contributed by atoms with E-state index in [2.05, 4.69) is 4.98 Å². The van der Waals surface area contributed by atoms with Gasteiger partial charge in [0.1, 0.15) is 10.9 Å². The predicted molar refractivity (Wildman–Crippen MR) is 91.5 cm³/mol. The molecule has 2 aromatic rings. The molecule has 0 spiro atoms. The Labute approximate surface area is 145 Å². The molecule has 2 heterocycles. The quantitative estimate of drug-likeness (QED) is 0.699. The van der Waals surface area contributed by atoms with Crippen molar-refractivity contribution in [3.05, 3.63) is 25.6 Å². The maximum Gasteiger partial charge on any atom is 0.326 e. The van der Waals surface area contributed by atoms with Crippen LogP contribution in [-0.2, 0) is 22.4 Å². The summed E-state index contributed by atoms with van der Waals surface area (Å²) in [6, 6.07) is -1.29. The molecule has 1 atom stereocenters. The van der Waals surface area contributed by atoms with Crippen LogP contribution in [-0.4, -0.2) is 31.7 Å². The van der Waals surface area contributed by atoms with Gasteiger partial charge in [0.05, 0.1) is 5.39 Å². The Morgan fingerprint density at radius 3 is 2.67 bits per heavy atom. The molecule has 2 aromatic heterocycles. The van der Waals surface area contributed by atoms with Crippen LogP contribution in [0.1, 0.15) is 42.2 Å². The molecule has 3 rings (SSSR count). The first-order valence-electron chi connectivity index (χ1n) is 7.63. The van der Waals surface area contributed by atoms with Crippen LogP contribution in [0.4, 0.5) is 0 Å². The van der Waals surface area contributed by atoms with Gasteiger partial charge in [-0.1, -0.05) is 0 Å². The van der Waals surface area contributed by atoms with Crippen molar-refractivity contribution >= 4 is 45.7 Å². The Morgan fingerprint density at radius 2 is 2.00 bits per heavy atom. The molecule has 24 heavy (non-hydrogen) atoms. The zero-order valence-corrected chi connectivity index (χ0v) is 14.3. The van der Waals surface area contributed by atoms with Crippen LogP contribution >= 0.6 is 23.6 Å². The van der Waals surface area contributed by atoms with E-state index in [1.807, 2.05) is 0 Å². The number of carbonyl (C=O) groups is 2. The van der Waals surface area contributed by atoms with Gasteiger partial charge in [-0.2, -0.15) is 0 Å². The van der Waals surface area contributed by atoms with Crippen LogP contribution in [0.15, 0.2) is 4.79 Å². The van der Waals surface area contributed by atoms with Crippen LogP contribution in [0.3, 0.4) is 0 Å². The molecule has 0 amide bonds. The fourth-order valence-electron chi connectivity index (χ4n) is 3.16. The first kappa shape index (κ1) is 16.8. The minimum absolute atomic E-state index is 0.0175. The third-order valence-corrected chi connectivity index (χ3v) is 5.78. The molecule has 0 aromatic carbocycles. The fraction of sp³-hybridized carbons (Fsp3) is 0.467. The van der Waals surface area contributed by atoms with Crippen LogP contribution < -0.4 is 5.56 Å². The van der Waals surface area contributed by atoms with Crippen molar-refractivity contribution in [1.82, 2.24) is 9.55 Å². The van der Waals surface area contributed by atoms with Crippen molar-refractivity contribution in [1.29, 1.82) is 0 Å². The lowest BCUT2D eigenvalue weighted by Crippen LogP contribution is -2.32. The van der Waals surface area contributed by atoms with E-state index >= 15 is 0 Å². The largest absolute Gasteiger partial charge is 0.481 e. The maximum atomic E-state index is 12.9. The lowest BCUT2D eigenvalue weighted by molar-refractivity contribution is -0.142. The van der Waals surface area contributed by atoms with Crippen LogP contribution in [0.2, 0.25) is 0 Å². The van der Waals surface area contributed by atoms with E-state index < -0.39 is 23.5 Å². The predicted octanol–water partition coefficient (Wildman–Crippen LogP) is 2.49. The summed E-state index contributed by atoms with van der Waals surface area (Å²) in [5, 5.41) is 18.8. The third kappa shape index (κ3) is 2.89. The summed E-state index contributed by atoms with van der Waals surface area (Å²) in [7, 11) is 0. The van der Waals surface area contributed by atoms with E-state index in [1.165, 1.54) is 11.3 Å². The van der Waals surface area contributed by atoms with Gasteiger partial charge in [0.15, 0.2) is 4.77 Å². The van der Waals surface area contributed by atoms with Gasteiger partial charge >= 0.3 is 11.9 Å². The number of carboxylic acids is 2. The van der Waals surface area contributed by atoms with E-state index in [1.54, 1.807) is 0 Å². The first-order chi connectivity index (χ1) is 11.4. The van der Waals surface area contributed by atoms with E-state index in [4.69, 9.17) is 17.3 Å². The van der Waals surface area contributed by atoms with Gasteiger partial charge in [-0.25, -0.2) is 4.79 Å². The number of aromatic amines is 1. The molecular weight excluding hydrogens is 352 g/mol. The molecule has 0 saturated carbocycles. The molecule has 1 aliphatic rings. The summed E-state index contributed by atoms with van der Waals surface area (Å²) >= 11 is 6.68. The molecule has 1 unspecified atom stereocenters. The van der Waals surface area contributed by atoms with Crippen molar-refractivity contribution in [2.45, 2.75) is 44.6 Å². The molecular formula is C15H16N2O5S2. The first-order valence-corrected chi connectivity index (χ1v) is 8.86. The second-order valence-electron chi connectivity index (χ2n) is 5.81. The van der Waals surface area contributed by atoms with Crippen LogP contribution in [0, 0.1) is 4.77 Å². The summed E-state index contributed by atoms with van der Waals surface area (Å²) in [6.07, 6.45) is 3.23. The number of aryl methyl sites for hydroxylation is 2. The Bertz CT molecular complexity index is 940. The summed E-state index contributed by atoms with van der Waals surface area (Å²) < 4.78 is 1.04. The van der Waals surface area contributed by atoms with Gasteiger partial charge in [0.2, 0.25) is 0 Å². The smallest absolute Gasteiger partial charge is 0.326 e. The van der Waals surface area contributed by atoms with Gasteiger partial charge in [0.25, 0.3) is 5.56 Å². The molecule has 3 N–H and O–H groups in total. The molecule has 7 nitrogen and oxygen atoms in total. The summed E-state index contributed by atoms with van der Waals surface area (Å²) in [5.74, 6) is -2.38. The Kier molecular flexibility index (Phi) is 4.55. The number of fused-ring (bicyclic) bond motifs is 3. The molecule has 0 radical (unpaired) electrons. The summed E-state index contributed by atoms with van der Waals surface area (Å²) in [6.45, 7) is 0. The lowest BCUT2D eigenvalue weighted by atomic mass is 9.97. The van der Waals surface area contributed by atoms with Crippen LogP contribution in [0.5, 0.6) is 0 Å². The number of H-pyrrole nitrogens is 1. The SMILES string of the molecule is O=C(O)CCC(C(=O)O)n1c(=S)[nH]c2sc3c(c2c1=O)CCCC3. The van der Waals surface area contributed by atoms with Gasteiger partial charge in [0, 0.05) is 11.3 Å². The van der Waals surface area contributed by atoms with E-state index in [0.29, 0.717) is 10.2 Å². The maximum absolute atomic E-state index is 12.9. The Balaban J connectivity index is 2.20. The second kappa shape index (κ2) is 6.48. The average molecular weight is 368 g/mol. The number of aliphatic carboxylic acids is 2. The number of carboxylic acid groups (broad SMARTS) is 2. The molecule has 128 valence electrons. The van der Waals surface area contributed by atoms with Gasteiger partial charge in [-0.15, -0.1) is 11.3 Å². The highest BCUT2D eigenvalue weighted by molar-refractivity contribution is 7.71. The lowest BCUT2D eigenvalue weighted by Gasteiger charge is -2.15. The average Bonchev–Trinajstić information content (AvgIpc) is 2.87. The van der Waals surface area contributed by atoms with E-state index in [0.717, 1.165) is 40.7 Å². The second-order valence-corrected chi connectivity index (χ2v) is 7.30. The molecule has 9 heteroatoms. The van der Waals surface area contributed by atoms with Gasteiger partial charge in [-0.05, 0) is 49.9 Å². The zero-order chi connectivity index (χ0) is 17.4. The number of rotatable bonds is 5. The number of hydrogen-bond acceptors (Lipinski definition) is 5. The molecule has 0 aliphatic heterocycles. The third-order valence-electron chi connectivity index (χ3n) is 4.27. The van der Waals surface area contributed by atoms with Crippen molar-refractivity contribution in [3.8, 4) is 0 Å². The van der Waals surface area contributed by atoms with Crippen molar-refractivity contribution in [2.75, 3.05) is 0 Å². The van der Waals surface area contributed by atoms with Crippen molar-refractivity contribution in [3.63, 3.8) is 0 Å². The van der Waals surface area contributed by atoms with E-state index in [-0.39, 0.29) is 17.6 Å². The van der Waals surface area contributed by atoms with Crippen molar-refractivity contribution in [2.24, 2.45) is 0 Å². The molecule has 1 aliphatic carbocycles. The Hall–Kier alpha value is -2.00. The zero-order valence-electron chi connectivity index (χ0n) is 12.7. The van der Waals surface area contributed by atoms with E-state index in [9.17, 15) is 19.5 Å². The Morgan fingerprint density at radius 1 is 1.29 bits per heavy atom. The highest BCUT2D eigenvalue weighted by atomic mass is 32.1. The monoisotopic (exact) mass is 368 g/mol. The molecule has 0 bridgehead atoms. The summed E-state index contributed by atoms with van der Waals surface area (Å²) in [5.41, 5.74) is 0.541.